The van der Waals surface area contributed by atoms with E-state index in [1.165, 1.54) is 12.8 Å². The van der Waals surface area contributed by atoms with Gasteiger partial charge in [0.05, 0.1) is 6.04 Å². The van der Waals surface area contributed by atoms with E-state index in [1.54, 1.807) is 0 Å². The second-order valence-corrected chi connectivity index (χ2v) is 6.07. The number of fused-ring (bicyclic) bond motifs is 1. The van der Waals surface area contributed by atoms with E-state index in [2.05, 4.69) is 33.5 Å². The van der Waals surface area contributed by atoms with Crippen LogP contribution in [0.2, 0.25) is 0 Å². The molecule has 1 aromatic rings. The van der Waals surface area contributed by atoms with Gasteiger partial charge in [-0.05, 0) is 46.1 Å². The number of hydrogen-bond donors (Lipinski definition) is 1. The molecule has 5 nitrogen and oxygen atoms in total. The van der Waals surface area contributed by atoms with Crippen LogP contribution in [0.25, 0.3) is 0 Å². The molecular weight excluding hydrogens is 240 g/mol. The third-order valence-electron chi connectivity index (χ3n) is 4.47. The first-order chi connectivity index (χ1) is 9.18. The Bertz CT molecular complexity index is 443. The fourth-order valence-electron chi connectivity index (χ4n) is 3.47. The lowest BCUT2D eigenvalue weighted by molar-refractivity contribution is 0.0977. The predicted octanol–water partition coefficient (Wildman–Crippen LogP) is 2.04. The summed E-state index contributed by atoms with van der Waals surface area (Å²) in [7, 11) is 0. The molecule has 2 aliphatic heterocycles. The van der Waals surface area contributed by atoms with E-state index >= 15 is 0 Å². The van der Waals surface area contributed by atoms with E-state index in [4.69, 9.17) is 0 Å². The molecule has 1 N–H and O–H groups in total. The summed E-state index contributed by atoms with van der Waals surface area (Å²) in [5.74, 6) is 1.85. The van der Waals surface area contributed by atoms with Crippen molar-refractivity contribution in [3.63, 3.8) is 0 Å². The van der Waals surface area contributed by atoms with Crippen molar-refractivity contribution >= 4 is 0 Å². The maximum atomic E-state index is 10.0. The lowest BCUT2D eigenvalue weighted by atomic mass is 9.99. The van der Waals surface area contributed by atoms with Crippen LogP contribution in [-0.2, 0) is 6.54 Å². The molecule has 0 aromatic carbocycles. The highest BCUT2D eigenvalue weighted by Crippen LogP contribution is 2.34. The minimum absolute atomic E-state index is 0.375. The van der Waals surface area contributed by atoms with Crippen LogP contribution in [-0.4, -0.2) is 37.4 Å². The van der Waals surface area contributed by atoms with E-state index in [-0.39, 0.29) is 0 Å². The zero-order valence-corrected chi connectivity index (χ0v) is 11.9. The number of aliphatic hydroxyl groups is 1. The van der Waals surface area contributed by atoms with Crippen molar-refractivity contribution in [1.29, 1.82) is 0 Å². The molecule has 2 aliphatic rings. The van der Waals surface area contributed by atoms with Crippen LogP contribution in [0.5, 0.6) is 0 Å². The first kappa shape index (κ1) is 13.1. The number of rotatable bonds is 2. The third kappa shape index (κ3) is 2.30. The Kier molecular flexibility index (Phi) is 3.58. The van der Waals surface area contributed by atoms with Gasteiger partial charge in [0.15, 0.2) is 11.6 Å². The summed E-state index contributed by atoms with van der Waals surface area (Å²) in [6, 6.07) is 0.909. The molecule has 0 bridgehead atoms. The number of aromatic nitrogens is 3. The van der Waals surface area contributed by atoms with Crippen LogP contribution in [0, 0.1) is 0 Å². The minimum atomic E-state index is -0.425. The van der Waals surface area contributed by atoms with E-state index in [0.29, 0.717) is 12.1 Å². The van der Waals surface area contributed by atoms with Crippen LogP contribution in [0.3, 0.4) is 0 Å². The fraction of sp³-hybridized carbons (Fsp3) is 0.857. The second kappa shape index (κ2) is 5.21. The molecule has 0 radical (unpaired) electrons. The molecule has 19 heavy (non-hydrogen) atoms. The van der Waals surface area contributed by atoms with Crippen LogP contribution >= 0.6 is 0 Å². The maximum Gasteiger partial charge on any atom is 0.162 e. The molecule has 2 unspecified atom stereocenters. The number of piperidine rings is 1. The Morgan fingerprint density at radius 3 is 2.63 bits per heavy atom. The predicted molar refractivity (Wildman–Crippen MR) is 72.6 cm³/mol. The summed E-state index contributed by atoms with van der Waals surface area (Å²) in [5, 5.41) is 18.7. The Morgan fingerprint density at radius 1 is 1.05 bits per heavy atom. The number of hydrogen-bond acceptors (Lipinski definition) is 4. The van der Waals surface area contributed by atoms with Gasteiger partial charge in [-0.3, -0.25) is 4.90 Å². The molecule has 0 spiro atoms. The second-order valence-electron chi connectivity index (χ2n) is 6.07. The first-order valence-electron chi connectivity index (χ1n) is 7.55. The molecule has 0 aliphatic carbocycles. The van der Waals surface area contributed by atoms with Gasteiger partial charge in [0.25, 0.3) is 0 Å². The topological polar surface area (TPSA) is 54.2 Å². The van der Waals surface area contributed by atoms with E-state index < -0.39 is 6.10 Å². The Labute approximate surface area is 114 Å². The van der Waals surface area contributed by atoms with Gasteiger partial charge < -0.3 is 9.67 Å². The quantitative estimate of drug-likeness (QED) is 0.888. The summed E-state index contributed by atoms with van der Waals surface area (Å²) in [5.41, 5.74) is 0. The number of nitrogens with zero attached hydrogens (tertiary/aromatic N) is 4. The molecule has 106 valence electrons. The summed E-state index contributed by atoms with van der Waals surface area (Å²) in [6.07, 6.45) is 5.11. The molecule has 1 aromatic heterocycles. The van der Waals surface area contributed by atoms with Crippen molar-refractivity contribution in [3.8, 4) is 0 Å². The van der Waals surface area contributed by atoms with Crippen molar-refractivity contribution < 1.29 is 5.11 Å². The fourth-order valence-corrected chi connectivity index (χ4v) is 3.47. The van der Waals surface area contributed by atoms with Crippen molar-refractivity contribution in [3.05, 3.63) is 11.6 Å². The summed E-state index contributed by atoms with van der Waals surface area (Å²) in [4.78, 5) is 2.53. The highest BCUT2D eigenvalue weighted by molar-refractivity contribution is 5.07. The van der Waals surface area contributed by atoms with E-state index in [0.717, 1.165) is 44.0 Å². The van der Waals surface area contributed by atoms with Crippen molar-refractivity contribution in [1.82, 2.24) is 19.7 Å². The summed E-state index contributed by atoms with van der Waals surface area (Å²) < 4.78 is 2.17. The summed E-state index contributed by atoms with van der Waals surface area (Å²) in [6.45, 7) is 6.60. The van der Waals surface area contributed by atoms with Crippen LogP contribution in [0.4, 0.5) is 0 Å². The number of aliphatic hydroxyl groups excluding tert-OH is 1. The standard InChI is InChI=1S/C14H24N4O/c1-10(2)17-8-4-3-6-11(17)13-15-16-14-12(19)7-5-9-18(13)14/h10-12,19H,3-9H2,1-2H3. The van der Waals surface area contributed by atoms with Gasteiger partial charge in [0, 0.05) is 12.6 Å². The van der Waals surface area contributed by atoms with Crippen LogP contribution in [0.1, 0.15) is 69.7 Å². The lowest BCUT2D eigenvalue weighted by Crippen LogP contribution is -2.40. The van der Waals surface area contributed by atoms with Crippen LogP contribution < -0.4 is 0 Å². The average molecular weight is 264 g/mol. The molecule has 1 saturated heterocycles. The minimum Gasteiger partial charge on any atom is -0.385 e. The zero-order valence-electron chi connectivity index (χ0n) is 11.9. The summed E-state index contributed by atoms with van der Waals surface area (Å²) >= 11 is 0. The zero-order chi connectivity index (χ0) is 13.4. The van der Waals surface area contributed by atoms with E-state index in [1.807, 2.05) is 0 Å². The van der Waals surface area contributed by atoms with Gasteiger partial charge in [-0.25, -0.2) is 0 Å². The van der Waals surface area contributed by atoms with Crippen molar-refractivity contribution in [2.75, 3.05) is 6.54 Å². The Balaban J connectivity index is 1.92. The average Bonchev–Trinajstić information content (AvgIpc) is 2.84. The molecule has 1 fully saturated rings. The molecule has 0 amide bonds. The Hall–Kier alpha value is -0.940. The van der Waals surface area contributed by atoms with E-state index in [9.17, 15) is 5.11 Å². The van der Waals surface area contributed by atoms with Gasteiger partial charge in [0.2, 0.25) is 0 Å². The Morgan fingerprint density at radius 2 is 1.84 bits per heavy atom. The lowest BCUT2D eigenvalue weighted by Gasteiger charge is -2.38. The monoisotopic (exact) mass is 264 g/mol. The molecule has 2 atom stereocenters. The van der Waals surface area contributed by atoms with Gasteiger partial charge in [-0.15, -0.1) is 10.2 Å². The van der Waals surface area contributed by atoms with Crippen molar-refractivity contribution in [2.45, 2.75) is 70.7 Å². The van der Waals surface area contributed by atoms with Gasteiger partial charge in [-0.1, -0.05) is 6.42 Å². The highest BCUT2D eigenvalue weighted by Gasteiger charge is 2.32. The molecule has 0 saturated carbocycles. The first-order valence-corrected chi connectivity index (χ1v) is 7.55. The highest BCUT2D eigenvalue weighted by atomic mass is 16.3. The van der Waals surface area contributed by atoms with Crippen molar-refractivity contribution in [2.24, 2.45) is 0 Å². The maximum absolute atomic E-state index is 10.0. The molecule has 5 heteroatoms. The molecule has 3 rings (SSSR count). The molecule has 3 heterocycles. The third-order valence-corrected chi connectivity index (χ3v) is 4.47. The SMILES string of the molecule is CC(C)N1CCCCC1c1nnc2n1CCCC2O. The smallest absolute Gasteiger partial charge is 0.162 e. The largest absolute Gasteiger partial charge is 0.385 e. The van der Waals surface area contributed by atoms with Crippen LogP contribution in [0.15, 0.2) is 0 Å². The van der Waals surface area contributed by atoms with Gasteiger partial charge in [0.1, 0.15) is 6.10 Å². The molecular formula is C14H24N4O. The number of likely N-dealkylation sites (tertiary alicyclic amines) is 1. The van der Waals surface area contributed by atoms with Gasteiger partial charge in [-0.2, -0.15) is 0 Å². The van der Waals surface area contributed by atoms with Gasteiger partial charge >= 0.3 is 0 Å². The normalized spacial score (nSPS) is 28.6.